The number of amides is 1. The van der Waals surface area contributed by atoms with E-state index in [1.165, 1.54) is 10.9 Å². The number of likely N-dealkylation sites (N-methyl/N-ethyl adjacent to an activating group) is 1. The van der Waals surface area contributed by atoms with Crippen LogP contribution in [0.4, 0.5) is 0 Å². The van der Waals surface area contributed by atoms with Crippen molar-refractivity contribution in [2.45, 2.75) is 31.9 Å². The van der Waals surface area contributed by atoms with Gasteiger partial charge in [0.1, 0.15) is 6.54 Å². The first kappa shape index (κ1) is 23.5. The molecular formula is C21H32IN5O2. The molecule has 1 aliphatic heterocycles. The van der Waals surface area contributed by atoms with Gasteiger partial charge in [0.05, 0.1) is 6.10 Å². The number of aliphatic imine (C=N–C) groups is 1. The van der Waals surface area contributed by atoms with E-state index in [1.54, 1.807) is 19.0 Å². The number of carbonyl (C=O) groups excluding carboxylic acids is 1. The maximum Gasteiger partial charge on any atom is 0.243 e. The molecule has 2 N–H and O–H groups in total. The Labute approximate surface area is 189 Å². The molecule has 3 rings (SSSR count). The highest BCUT2D eigenvalue weighted by Crippen LogP contribution is 2.15. The topological polar surface area (TPSA) is 70.9 Å². The third kappa shape index (κ3) is 7.18. The largest absolute Gasteiger partial charge is 0.376 e. The molecule has 7 nitrogen and oxygen atoms in total. The van der Waals surface area contributed by atoms with Gasteiger partial charge in [-0.2, -0.15) is 0 Å². The van der Waals surface area contributed by atoms with E-state index in [-0.39, 0.29) is 42.5 Å². The molecule has 1 saturated heterocycles. The number of aryl methyl sites for hydroxylation is 1. The van der Waals surface area contributed by atoms with E-state index >= 15 is 0 Å². The number of ether oxygens (including phenoxy) is 1. The Balaban J connectivity index is 0.00000300. The number of fused-ring (bicyclic) bond motifs is 1. The minimum atomic E-state index is -0.0166. The number of hydrogen-bond acceptors (Lipinski definition) is 3. The van der Waals surface area contributed by atoms with Gasteiger partial charge in [0.15, 0.2) is 5.96 Å². The van der Waals surface area contributed by atoms with Gasteiger partial charge < -0.3 is 24.8 Å². The number of para-hydroxylation sites is 1. The van der Waals surface area contributed by atoms with E-state index in [9.17, 15) is 4.79 Å². The third-order valence-electron chi connectivity index (χ3n) is 4.94. The van der Waals surface area contributed by atoms with E-state index in [0.29, 0.717) is 12.5 Å². The van der Waals surface area contributed by atoms with Gasteiger partial charge in [0.25, 0.3) is 0 Å². The fourth-order valence-corrected chi connectivity index (χ4v) is 3.27. The van der Waals surface area contributed by atoms with Crippen molar-refractivity contribution in [3.63, 3.8) is 0 Å². The average molecular weight is 513 g/mol. The highest BCUT2D eigenvalue weighted by molar-refractivity contribution is 14.0. The molecule has 0 aliphatic carbocycles. The molecule has 2 heterocycles. The van der Waals surface area contributed by atoms with Crippen LogP contribution in [0.2, 0.25) is 0 Å². The minimum Gasteiger partial charge on any atom is -0.376 e. The third-order valence-corrected chi connectivity index (χ3v) is 4.94. The number of nitrogens with one attached hydrogen (secondary N) is 2. The van der Waals surface area contributed by atoms with Crippen LogP contribution in [0.1, 0.15) is 19.3 Å². The van der Waals surface area contributed by atoms with Gasteiger partial charge in [-0.05, 0) is 36.8 Å². The summed E-state index contributed by atoms with van der Waals surface area (Å²) in [5.74, 6) is 0.653. The second-order valence-corrected chi connectivity index (χ2v) is 7.32. The molecule has 1 atom stereocenters. The highest BCUT2D eigenvalue weighted by Gasteiger charge is 2.15. The van der Waals surface area contributed by atoms with Gasteiger partial charge >= 0.3 is 0 Å². The lowest BCUT2D eigenvalue weighted by molar-refractivity contribution is -0.127. The van der Waals surface area contributed by atoms with E-state index in [2.05, 4.69) is 56.7 Å². The zero-order valence-corrected chi connectivity index (χ0v) is 19.6. The van der Waals surface area contributed by atoms with Crippen LogP contribution in [0.25, 0.3) is 10.9 Å². The van der Waals surface area contributed by atoms with Gasteiger partial charge in [0, 0.05) is 52.1 Å². The molecule has 2 aromatic rings. The zero-order valence-electron chi connectivity index (χ0n) is 17.3. The number of rotatable bonds is 8. The predicted octanol–water partition coefficient (Wildman–Crippen LogP) is 2.45. The van der Waals surface area contributed by atoms with Crippen LogP contribution in [0.5, 0.6) is 0 Å². The molecule has 1 aliphatic rings. The first-order chi connectivity index (χ1) is 13.6. The van der Waals surface area contributed by atoms with Crippen molar-refractivity contribution in [1.29, 1.82) is 0 Å². The molecule has 160 valence electrons. The van der Waals surface area contributed by atoms with Gasteiger partial charge in [-0.25, -0.2) is 4.99 Å². The van der Waals surface area contributed by atoms with Crippen LogP contribution in [-0.4, -0.2) is 67.8 Å². The Morgan fingerprint density at radius 3 is 2.86 bits per heavy atom. The van der Waals surface area contributed by atoms with E-state index < -0.39 is 0 Å². The van der Waals surface area contributed by atoms with Crippen molar-refractivity contribution >= 4 is 46.7 Å². The lowest BCUT2D eigenvalue weighted by Gasteiger charge is -2.16. The quantitative estimate of drug-likeness (QED) is 0.246. The number of hydrogen-bond donors (Lipinski definition) is 2. The fourth-order valence-electron chi connectivity index (χ4n) is 3.27. The number of guanidine groups is 1. The lowest BCUT2D eigenvalue weighted by atomic mass is 10.2. The molecule has 0 bridgehead atoms. The Hall–Kier alpha value is -1.81. The predicted molar refractivity (Wildman–Crippen MR) is 128 cm³/mol. The highest BCUT2D eigenvalue weighted by atomic mass is 127. The van der Waals surface area contributed by atoms with Crippen molar-refractivity contribution in [2.24, 2.45) is 4.99 Å². The maximum atomic E-state index is 11.9. The summed E-state index contributed by atoms with van der Waals surface area (Å²) in [5.41, 5.74) is 1.25. The molecule has 0 radical (unpaired) electrons. The van der Waals surface area contributed by atoms with Crippen molar-refractivity contribution in [3.05, 3.63) is 36.5 Å². The Morgan fingerprint density at radius 1 is 1.28 bits per heavy atom. The SMILES string of the molecule is CN(C)C(=O)CN=C(NCCCn1ccc2ccccc21)NCC1CCCO1.I. The molecule has 1 amide bonds. The van der Waals surface area contributed by atoms with E-state index in [4.69, 9.17) is 4.74 Å². The van der Waals surface area contributed by atoms with E-state index in [0.717, 1.165) is 39.0 Å². The molecule has 1 fully saturated rings. The zero-order chi connectivity index (χ0) is 19.8. The van der Waals surface area contributed by atoms with Crippen LogP contribution >= 0.6 is 24.0 Å². The Kier molecular flexibility index (Phi) is 9.72. The van der Waals surface area contributed by atoms with Crippen molar-refractivity contribution in [2.75, 3.05) is 40.3 Å². The number of aromatic nitrogens is 1. The molecule has 1 unspecified atom stereocenters. The van der Waals surface area contributed by atoms with Gasteiger partial charge in [-0.15, -0.1) is 24.0 Å². The second-order valence-electron chi connectivity index (χ2n) is 7.32. The molecule has 8 heteroatoms. The summed E-state index contributed by atoms with van der Waals surface area (Å²) in [5, 5.41) is 7.93. The summed E-state index contributed by atoms with van der Waals surface area (Å²) in [6.07, 6.45) is 5.49. The summed E-state index contributed by atoms with van der Waals surface area (Å²) in [7, 11) is 3.48. The molecule has 1 aromatic carbocycles. The monoisotopic (exact) mass is 513 g/mol. The number of carbonyl (C=O) groups is 1. The first-order valence-electron chi connectivity index (χ1n) is 10.0. The molecular weight excluding hydrogens is 481 g/mol. The van der Waals surface area contributed by atoms with Crippen LogP contribution in [0.15, 0.2) is 41.5 Å². The van der Waals surface area contributed by atoms with Crippen molar-refractivity contribution < 1.29 is 9.53 Å². The van der Waals surface area contributed by atoms with Gasteiger partial charge in [-0.3, -0.25) is 4.79 Å². The molecule has 0 saturated carbocycles. The fraction of sp³-hybridized carbons (Fsp3) is 0.524. The summed E-state index contributed by atoms with van der Waals surface area (Å²) in [6.45, 7) is 3.38. The number of nitrogens with zero attached hydrogens (tertiary/aromatic N) is 3. The van der Waals surface area contributed by atoms with Gasteiger partial charge in [-0.1, -0.05) is 18.2 Å². The lowest BCUT2D eigenvalue weighted by Crippen LogP contribution is -2.42. The average Bonchev–Trinajstić information content (AvgIpc) is 3.36. The van der Waals surface area contributed by atoms with Crippen LogP contribution < -0.4 is 10.6 Å². The molecule has 0 spiro atoms. The minimum absolute atomic E-state index is 0. The summed E-state index contributed by atoms with van der Waals surface area (Å²) >= 11 is 0. The standard InChI is InChI=1S/C21H31N5O2.HI/c1-25(2)20(27)16-24-21(23-15-18-8-5-14-28-18)22-11-6-12-26-13-10-17-7-3-4-9-19(17)26;/h3-4,7,9-10,13,18H,5-6,8,11-12,14-16H2,1-2H3,(H2,22,23,24);1H. The second kappa shape index (κ2) is 12.0. The first-order valence-corrected chi connectivity index (χ1v) is 10.0. The van der Waals surface area contributed by atoms with Crippen LogP contribution in [0, 0.1) is 0 Å². The number of halogens is 1. The summed E-state index contributed by atoms with van der Waals surface area (Å²) in [4.78, 5) is 17.8. The number of benzene rings is 1. The van der Waals surface area contributed by atoms with Gasteiger partial charge in [0.2, 0.25) is 5.91 Å². The smallest absolute Gasteiger partial charge is 0.243 e. The van der Waals surface area contributed by atoms with Crippen molar-refractivity contribution in [3.8, 4) is 0 Å². The van der Waals surface area contributed by atoms with Crippen molar-refractivity contribution in [1.82, 2.24) is 20.1 Å². The summed E-state index contributed by atoms with van der Waals surface area (Å²) < 4.78 is 7.93. The van der Waals surface area contributed by atoms with Crippen LogP contribution in [0.3, 0.4) is 0 Å². The Bertz CT molecular complexity index is 799. The normalized spacial score (nSPS) is 16.5. The van der Waals surface area contributed by atoms with Crippen LogP contribution in [-0.2, 0) is 16.1 Å². The molecule has 29 heavy (non-hydrogen) atoms. The Morgan fingerprint density at radius 2 is 2.10 bits per heavy atom. The summed E-state index contributed by atoms with van der Waals surface area (Å²) in [6, 6.07) is 10.5. The maximum absolute atomic E-state index is 11.9. The van der Waals surface area contributed by atoms with E-state index in [1.807, 2.05) is 0 Å². The molecule has 1 aromatic heterocycles.